The molecule has 0 bridgehead atoms. The third-order valence-electron chi connectivity index (χ3n) is 2.38. The number of nitrogens with one attached hydrogen (secondary N) is 1. The van der Waals surface area contributed by atoms with Crippen molar-refractivity contribution in [3.05, 3.63) is 16.3 Å². The molecule has 0 aliphatic carbocycles. The predicted octanol–water partition coefficient (Wildman–Crippen LogP) is 2.44. The summed E-state index contributed by atoms with van der Waals surface area (Å²) in [4.78, 5) is 1.27. The summed E-state index contributed by atoms with van der Waals surface area (Å²) in [5.74, 6) is 0.983. The van der Waals surface area contributed by atoms with Gasteiger partial charge in [-0.15, -0.1) is 11.3 Å². The van der Waals surface area contributed by atoms with Gasteiger partial charge in [0.2, 0.25) is 0 Å². The highest BCUT2D eigenvalue weighted by Gasteiger charge is 2.15. The summed E-state index contributed by atoms with van der Waals surface area (Å²) in [5.41, 5.74) is 0. The van der Waals surface area contributed by atoms with Crippen molar-refractivity contribution in [2.75, 3.05) is 27.9 Å². The lowest BCUT2D eigenvalue weighted by Crippen LogP contribution is -2.16. The molecule has 0 amide bonds. The van der Waals surface area contributed by atoms with Gasteiger partial charge in [0.05, 0.1) is 12.0 Å². The Morgan fingerprint density at radius 1 is 1.47 bits per heavy atom. The average molecular weight is 229 g/mol. The quantitative estimate of drug-likeness (QED) is 0.728. The van der Waals surface area contributed by atoms with E-state index in [4.69, 9.17) is 9.47 Å². The highest BCUT2D eigenvalue weighted by molar-refractivity contribution is 7.10. The molecule has 0 saturated heterocycles. The predicted molar refractivity (Wildman–Crippen MR) is 63.8 cm³/mol. The molecule has 1 unspecified atom stereocenters. The number of rotatable bonds is 7. The molecule has 0 aliphatic heterocycles. The summed E-state index contributed by atoms with van der Waals surface area (Å²) in [7, 11) is 5.43. The highest BCUT2D eigenvalue weighted by Crippen LogP contribution is 2.32. The zero-order valence-corrected chi connectivity index (χ0v) is 10.4. The second kappa shape index (κ2) is 6.82. The van der Waals surface area contributed by atoms with Crippen LogP contribution in [0.15, 0.2) is 11.4 Å². The Morgan fingerprint density at radius 3 is 2.87 bits per heavy atom. The van der Waals surface area contributed by atoms with E-state index in [1.165, 1.54) is 4.88 Å². The molecule has 1 rings (SSSR count). The molecule has 0 radical (unpaired) electrons. The second-order valence-electron chi connectivity index (χ2n) is 3.33. The first kappa shape index (κ1) is 12.5. The van der Waals surface area contributed by atoms with Gasteiger partial charge in [-0.3, -0.25) is 0 Å². The van der Waals surface area contributed by atoms with Crippen LogP contribution in [0.2, 0.25) is 0 Å². The summed E-state index contributed by atoms with van der Waals surface area (Å²) in [6.07, 6.45) is 2.13. The van der Waals surface area contributed by atoms with Crippen molar-refractivity contribution in [1.82, 2.24) is 5.32 Å². The van der Waals surface area contributed by atoms with Crippen molar-refractivity contribution in [3.63, 3.8) is 0 Å². The van der Waals surface area contributed by atoms with Gasteiger partial charge < -0.3 is 14.8 Å². The van der Waals surface area contributed by atoms with Gasteiger partial charge in [-0.05, 0) is 31.3 Å². The third kappa shape index (κ3) is 3.48. The van der Waals surface area contributed by atoms with E-state index in [0.717, 1.165) is 25.2 Å². The largest absolute Gasteiger partial charge is 0.496 e. The van der Waals surface area contributed by atoms with Crippen LogP contribution in [0.1, 0.15) is 23.8 Å². The van der Waals surface area contributed by atoms with Crippen LogP contribution in [0.5, 0.6) is 5.75 Å². The lowest BCUT2D eigenvalue weighted by atomic mass is 10.1. The van der Waals surface area contributed by atoms with E-state index in [-0.39, 0.29) is 0 Å². The van der Waals surface area contributed by atoms with Crippen LogP contribution in [-0.2, 0) is 4.74 Å². The van der Waals surface area contributed by atoms with Gasteiger partial charge in [-0.2, -0.15) is 0 Å². The molecule has 0 saturated carbocycles. The minimum Gasteiger partial charge on any atom is -0.496 e. The second-order valence-corrected chi connectivity index (χ2v) is 4.28. The van der Waals surface area contributed by atoms with Gasteiger partial charge in [0.15, 0.2) is 0 Å². The Hall–Kier alpha value is -0.580. The lowest BCUT2D eigenvalue weighted by Gasteiger charge is -2.15. The highest BCUT2D eigenvalue weighted by atomic mass is 32.1. The van der Waals surface area contributed by atoms with Crippen LogP contribution in [0.3, 0.4) is 0 Å². The summed E-state index contributed by atoms with van der Waals surface area (Å²) >= 11 is 1.74. The zero-order valence-electron chi connectivity index (χ0n) is 9.58. The summed E-state index contributed by atoms with van der Waals surface area (Å²) in [6, 6.07) is 2.39. The first-order chi connectivity index (χ1) is 7.33. The van der Waals surface area contributed by atoms with E-state index in [0.29, 0.717) is 6.04 Å². The van der Waals surface area contributed by atoms with Crippen LogP contribution in [0.25, 0.3) is 0 Å². The molecule has 3 nitrogen and oxygen atoms in total. The fourth-order valence-corrected chi connectivity index (χ4v) is 2.58. The fraction of sp³-hybridized carbons (Fsp3) is 0.636. The van der Waals surface area contributed by atoms with Crippen LogP contribution in [0, 0.1) is 0 Å². The van der Waals surface area contributed by atoms with E-state index in [9.17, 15) is 0 Å². The molecule has 1 aromatic heterocycles. The molecule has 0 aliphatic rings. The number of thiophene rings is 1. The smallest absolute Gasteiger partial charge is 0.134 e. The van der Waals surface area contributed by atoms with Gasteiger partial charge in [0.1, 0.15) is 5.75 Å². The Balaban J connectivity index is 2.57. The Bertz CT molecular complexity index is 275. The summed E-state index contributed by atoms with van der Waals surface area (Å²) in [6.45, 7) is 0.811. The zero-order chi connectivity index (χ0) is 11.1. The van der Waals surface area contributed by atoms with E-state index < -0.39 is 0 Å². The van der Waals surface area contributed by atoms with Gasteiger partial charge in [-0.25, -0.2) is 0 Å². The van der Waals surface area contributed by atoms with Crippen molar-refractivity contribution in [2.24, 2.45) is 0 Å². The maximum atomic E-state index is 5.31. The Kier molecular flexibility index (Phi) is 5.68. The van der Waals surface area contributed by atoms with Crippen molar-refractivity contribution in [2.45, 2.75) is 18.9 Å². The monoisotopic (exact) mass is 229 g/mol. The molecule has 86 valence electrons. The normalized spacial score (nSPS) is 12.7. The topological polar surface area (TPSA) is 30.5 Å². The number of methoxy groups -OCH3 is 2. The van der Waals surface area contributed by atoms with E-state index in [2.05, 4.69) is 10.7 Å². The minimum absolute atomic E-state index is 0.370. The molecule has 15 heavy (non-hydrogen) atoms. The number of hydrogen-bond acceptors (Lipinski definition) is 4. The minimum atomic E-state index is 0.370. The van der Waals surface area contributed by atoms with Gasteiger partial charge in [0.25, 0.3) is 0 Å². The molecular formula is C11H19NO2S. The molecule has 0 aromatic carbocycles. The van der Waals surface area contributed by atoms with Crippen LogP contribution in [0.4, 0.5) is 0 Å². The Morgan fingerprint density at radius 2 is 2.27 bits per heavy atom. The molecule has 1 atom stereocenters. The lowest BCUT2D eigenvalue weighted by molar-refractivity contribution is 0.189. The molecule has 4 heteroatoms. The first-order valence-corrected chi connectivity index (χ1v) is 5.99. The van der Waals surface area contributed by atoms with Crippen molar-refractivity contribution in [3.8, 4) is 5.75 Å². The molecular weight excluding hydrogens is 210 g/mol. The van der Waals surface area contributed by atoms with Gasteiger partial charge >= 0.3 is 0 Å². The average Bonchev–Trinajstić information content (AvgIpc) is 2.72. The summed E-state index contributed by atoms with van der Waals surface area (Å²) in [5, 5.41) is 5.38. The van der Waals surface area contributed by atoms with Gasteiger partial charge in [0, 0.05) is 19.8 Å². The number of ether oxygens (including phenoxy) is 2. The summed E-state index contributed by atoms with van der Waals surface area (Å²) < 4.78 is 10.4. The van der Waals surface area contributed by atoms with E-state index >= 15 is 0 Å². The van der Waals surface area contributed by atoms with Crippen molar-refractivity contribution >= 4 is 11.3 Å². The van der Waals surface area contributed by atoms with Crippen molar-refractivity contribution < 1.29 is 9.47 Å². The SMILES string of the molecule is CNC(CCCOC)c1sccc1OC. The van der Waals surface area contributed by atoms with E-state index in [1.54, 1.807) is 25.6 Å². The number of hydrogen-bond donors (Lipinski definition) is 1. The fourth-order valence-electron chi connectivity index (χ4n) is 1.57. The molecule has 1 N–H and O–H groups in total. The van der Waals surface area contributed by atoms with Crippen LogP contribution in [-0.4, -0.2) is 27.9 Å². The molecule has 1 heterocycles. The Labute approximate surface area is 95.4 Å². The van der Waals surface area contributed by atoms with Crippen molar-refractivity contribution in [1.29, 1.82) is 0 Å². The van der Waals surface area contributed by atoms with E-state index in [1.807, 2.05) is 13.1 Å². The molecule has 1 aromatic rings. The maximum absolute atomic E-state index is 5.31. The van der Waals surface area contributed by atoms with Crippen LogP contribution < -0.4 is 10.1 Å². The molecule has 0 fully saturated rings. The third-order valence-corrected chi connectivity index (χ3v) is 3.40. The first-order valence-electron chi connectivity index (χ1n) is 5.11. The molecule has 0 spiro atoms. The van der Waals surface area contributed by atoms with Gasteiger partial charge in [-0.1, -0.05) is 0 Å². The van der Waals surface area contributed by atoms with Crippen LogP contribution >= 0.6 is 11.3 Å². The standard InChI is InChI=1S/C11H19NO2S/c1-12-9(5-4-7-13-2)11-10(14-3)6-8-15-11/h6,8-9,12H,4-5,7H2,1-3H3. The maximum Gasteiger partial charge on any atom is 0.134 e.